The number of hydrogen-bond donors (Lipinski definition) is 3. The highest BCUT2D eigenvalue weighted by atomic mass is 16.6. The lowest BCUT2D eigenvalue weighted by atomic mass is 10.1. The molecule has 0 atom stereocenters. The number of nitro groups is 1. The van der Waals surface area contributed by atoms with Gasteiger partial charge in [0.2, 0.25) is 0 Å². The Bertz CT molecular complexity index is 1210. The summed E-state index contributed by atoms with van der Waals surface area (Å²) >= 11 is 0. The third-order valence-corrected chi connectivity index (χ3v) is 4.36. The molecule has 0 unspecified atom stereocenters. The number of nitrogens with one attached hydrogen (secondary N) is 2. The molecule has 162 valence electrons. The van der Waals surface area contributed by atoms with Crippen LogP contribution in [0.15, 0.2) is 71.8 Å². The van der Waals surface area contributed by atoms with Gasteiger partial charge in [-0.15, -0.1) is 0 Å². The average molecular weight is 434 g/mol. The zero-order valence-corrected chi connectivity index (χ0v) is 16.8. The third-order valence-electron chi connectivity index (χ3n) is 4.36. The second kappa shape index (κ2) is 9.85. The van der Waals surface area contributed by atoms with Crippen LogP contribution in [0, 0.1) is 10.1 Å². The number of rotatable bonds is 7. The predicted molar refractivity (Wildman–Crippen MR) is 117 cm³/mol. The molecule has 3 N–H and O–H groups in total. The van der Waals surface area contributed by atoms with Gasteiger partial charge in [0.25, 0.3) is 17.5 Å². The van der Waals surface area contributed by atoms with Crippen LogP contribution in [0.25, 0.3) is 0 Å². The number of phenols is 1. The summed E-state index contributed by atoms with van der Waals surface area (Å²) in [6.45, 7) is 0. The molecule has 0 fully saturated rings. The maximum Gasteiger partial charge on any atom is 0.273 e. The third kappa shape index (κ3) is 5.05. The summed E-state index contributed by atoms with van der Waals surface area (Å²) in [6.07, 6.45) is 1.08. The topological polar surface area (TPSA) is 143 Å². The summed E-state index contributed by atoms with van der Waals surface area (Å²) in [5.41, 5.74) is 2.77. The van der Waals surface area contributed by atoms with Gasteiger partial charge in [-0.3, -0.25) is 19.7 Å². The van der Waals surface area contributed by atoms with E-state index in [0.717, 1.165) is 24.4 Å². The fourth-order valence-electron chi connectivity index (χ4n) is 2.79. The average Bonchev–Trinajstić information content (AvgIpc) is 2.80. The van der Waals surface area contributed by atoms with Gasteiger partial charge in [-0.05, 0) is 30.3 Å². The van der Waals surface area contributed by atoms with Crippen LogP contribution in [-0.2, 0) is 0 Å². The molecule has 10 heteroatoms. The van der Waals surface area contributed by atoms with Crippen molar-refractivity contribution in [1.82, 2.24) is 5.43 Å². The first-order valence-corrected chi connectivity index (χ1v) is 9.25. The number of carbonyl (C=O) groups excluding carboxylic acids is 2. The number of para-hydroxylation sites is 2. The van der Waals surface area contributed by atoms with E-state index in [2.05, 4.69) is 15.8 Å². The van der Waals surface area contributed by atoms with Crippen LogP contribution in [0.2, 0.25) is 0 Å². The summed E-state index contributed by atoms with van der Waals surface area (Å²) < 4.78 is 5.19. The first-order chi connectivity index (χ1) is 15.4. The highest BCUT2D eigenvalue weighted by molar-refractivity contribution is 6.10. The normalized spacial score (nSPS) is 10.5. The number of anilines is 1. The van der Waals surface area contributed by atoms with Crippen molar-refractivity contribution >= 4 is 29.4 Å². The molecule has 32 heavy (non-hydrogen) atoms. The summed E-state index contributed by atoms with van der Waals surface area (Å²) in [5.74, 6) is -0.957. The number of hydrazone groups is 1. The van der Waals surface area contributed by atoms with E-state index < -0.39 is 16.7 Å². The van der Waals surface area contributed by atoms with Crippen molar-refractivity contribution < 1.29 is 24.4 Å². The number of phenolic OH excluding ortho intramolecular Hbond substituents is 1. The number of non-ortho nitro benzene ring substituents is 1. The van der Waals surface area contributed by atoms with Gasteiger partial charge < -0.3 is 15.2 Å². The van der Waals surface area contributed by atoms with Gasteiger partial charge in [-0.1, -0.05) is 24.3 Å². The monoisotopic (exact) mass is 434 g/mol. The molecular weight excluding hydrogens is 416 g/mol. The standard InChI is InChI=1S/C22H18N4O6/c1-32-20-9-5-3-7-17(20)21(28)24-18-8-4-2-6-16(18)22(29)25-23-13-14-12-15(26(30)31)10-11-19(14)27/h2-13,27H,1H3,(H,24,28)(H,25,29)/b23-13+. The van der Waals surface area contributed by atoms with Gasteiger partial charge >= 0.3 is 0 Å². The zero-order valence-electron chi connectivity index (χ0n) is 16.8. The number of ether oxygens (including phenoxy) is 1. The largest absolute Gasteiger partial charge is 0.507 e. The van der Waals surface area contributed by atoms with E-state index in [4.69, 9.17) is 4.74 Å². The molecule has 0 bridgehead atoms. The van der Waals surface area contributed by atoms with Gasteiger partial charge in [0.1, 0.15) is 11.5 Å². The van der Waals surface area contributed by atoms with E-state index in [1.165, 1.54) is 13.2 Å². The first-order valence-electron chi connectivity index (χ1n) is 9.25. The number of benzene rings is 3. The molecule has 0 radical (unpaired) electrons. The van der Waals surface area contributed by atoms with Crippen LogP contribution >= 0.6 is 0 Å². The summed E-state index contributed by atoms with van der Waals surface area (Å²) in [6, 6.07) is 16.4. The second-order valence-electron chi connectivity index (χ2n) is 6.40. The van der Waals surface area contributed by atoms with Crippen molar-refractivity contribution in [3.05, 3.63) is 93.5 Å². The molecule has 0 aliphatic rings. The molecule has 0 heterocycles. The van der Waals surface area contributed by atoms with E-state index in [1.807, 2.05) is 0 Å². The van der Waals surface area contributed by atoms with E-state index >= 15 is 0 Å². The number of nitro benzene ring substituents is 1. The van der Waals surface area contributed by atoms with Crippen LogP contribution in [0.3, 0.4) is 0 Å². The van der Waals surface area contributed by atoms with E-state index in [0.29, 0.717) is 11.3 Å². The molecule has 0 aliphatic heterocycles. The molecule has 3 rings (SSSR count). The Kier molecular flexibility index (Phi) is 6.76. The van der Waals surface area contributed by atoms with Crippen LogP contribution in [-0.4, -0.2) is 35.2 Å². The Balaban J connectivity index is 1.76. The van der Waals surface area contributed by atoms with Crippen LogP contribution in [0.4, 0.5) is 11.4 Å². The minimum absolute atomic E-state index is 0.0530. The maximum atomic E-state index is 12.7. The van der Waals surface area contributed by atoms with Crippen LogP contribution < -0.4 is 15.5 Å². The van der Waals surface area contributed by atoms with Gasteiger partial charge in [0.15, 0.2) is 0 Å². The quantitative estimate of drug-likeness (QED) is 0.296. The Hall–Kier alpha value is -4.73. The van der Waals surface area contributed by atoms with Crippen molar-refractivity contribution in [3.8, 4) is 11.5 Å². The number of aromatic hydroxyl groups is 1. The van der Waals surface area contributed by atoms with Crippen LogP contribution in [0.5, 0.6) is 11.5 Å². The number of hydrogen-bond acceptors (Lipinski definition) is 7. The summed E-state index contributed by atoms with van der Waals surface area (Å²) in [5, 5.41) is 27.1. The van der Waals surface area contributed by atoms with Crippen LogP contribution in [0.1, 0.15) is 26.3 Å². The minimum Gasteiger partial charge on any atom is -0.507 e. The summed E-state index contributed by atoms with van der Waals surface area (Å²) in [4.78, 5) is 35.5. The second-order valence-corrected chi connectivity index (χ2v) is 6.40. The Morgan fingerprint density at radius 3 is 2.44 bits per heavy atom. The van der Waals surface area contributed by atoms with Crippen molar-refractivity contribution in [1.29, 1.82) is 0 Å². The molecule has 3 aromatic carbocycles. The summed E-state index contributed by atoms with van der Waals surface area (Å²) in [7, 11) is 1.45. The Morgan fingerprint density at radius 2 is 1.72 bits per heavy atom. The van der Waals surface area contributed by atoms with E-state index in [1.54, 1.807) is 42.5 Å². The molecule has 3 aromatic rings. The van der Waals surface area contributed by atoms with Gasteiger partial charge in [0.05, 0.1) is 35.1 Å². The molecule has 0 spiro atoms. The van der Waals surface area contributed by atoms with E-state index in [-0.39, 0.29) is 28.3 Å². The van der Waals surface area contributed by atoms with E-state index in [9.17, 15) is 24.8 Å². The molecule has 0 saturated carbocycles. The lowest BCUT2D eigenvalue weighted by Gasteiger charge is -2.12. The van der Waals surface area contributed by atoms with Crippen molar-refractivity contribution in [3.63, 3.8) is 0 Å². The lowest BCUT2D eigenvalue weighted by molar-refractivity contribution is -0.384. The molecule has 2 amide bonds. The number of carbonyl (C=O) groups is 2. The van der Waals surface area contributed by atoms with Gasteiger partial charge in [-0.2, -0.15) is 5.10 Å². The van der Waals surface area contributed by atoms with Gasteiger partial charge in [-0.25, -0.2) is 5.43 Å². The molecule has 10 nitrogen and oxygen atoms in total. The fraction of sp³-hybridized carbons (Fsp3) is 0.0455. The Morgan fingerprint density at radius 1 is 1.03 bits per heavy atom. The number of amides is 2. The highest BCUT2D eigenvalue weighted by Crippen LogP contribution is 2.22. The van der Waals surface area contributed by atoms with Gasteiger partial charge in [0, 0.05) is 17.7 Å². The Labute approximate surface area is 182 Å². The predicted octanol–water partition coefficient (Wildman–Crippen LogP) is 3.33. The zero-order chi connectivity index (χ0) is 23.1. The SMILES string of the molecule is COc1ccccc1C(=O)Nc1ccccc1C(=O)N/N=C/c1cc([N+](=O)[O-])ccc1O. The maximum absolute atomic E-state index is 12.7. The molecular formula is C22H18N4O6. The highest BCUT2D eigenvalue weighted by Gasteiger charge is 2.16. The van der Waals surface area contributed by atoms with Crippen molar-refractivity contribution in [2.24, 2.45) is 5.10 Å². The minimum atomic E-state index is -0.637. The number of nitrogens with zero attached hydrogens (tertiary/aromatic N) is 2. The molecule has 0 aliphatic carbocycles. The molecule has 0 aromatic heterocycles. The fourth-order valence-corrected chi connectivity index (χ4v) is 2.79. The number of methoxy groups -OCH3 is 1. The first kappa shape index (κ1) is 22.0. The smallest absolute Gasteiger partial charge is 0.273 e. The van der Waals surface area contributed by atoms with Crippen molar-refractivity contribution in [2.75, 3.05) is 12.4 Å². The lowest BCUT2D eigenvalue weighted by Crippen LogP contribution is -2.21. The van der Waals surface area contributed by atoms with Crippen molar-refractivity contribution in [2.45, 2.75) is 0 Å². The molecule has 0 saturated heterocycles.